The molecule has 146 valence electrons. The minimum atomic E-state index is -0.445. The van der Waals surface area contributed by atoms with Crippen LogP contribution in [-0.2, 0) is 13.1 Å². The van der Waals surface area contributed by atoms with E-state index in [1.807, 2.05) is 32.0 Å². The molecule has 0 spiro atoms. The van der Waals surface area contributed by atoms with E-state index < -0.39 is 5.69 Å². The number of nitrogens with zero attached hydrogens (tertiary/aromatic N) is 4. The first-order valence-electron chi connectivity index (χ1n) is 9.23. The second-order valence-corrected chi connectivity index (χ2v) is 6.90. The van der Waals surface area contributed by atoms with Gasteiger partial charge in [0.15, 0.2) is 0 Å². The van der Waals surface area contributed by atoms with Crippen molar-refractivity contribution in [1.82, 2.24) is 19.3 Å². The van der Waals surface area contributed by atoms with Crippen molar-refractivity contribution >= 4 is 10.9 Å². The number of allylic oxidation sites excluding steroid dienone is 1. The summed E-state index contributed by atoms with van der Waals surface area (Å²) in [5.41, 5.74) is 2.89. The molecule has 2 aromatic heterocycles. The minimum absolute atomic E-state index is 0.0641. The van der Waals surface area contributed by atoms with Gasteiger partial charge in [-0.15, -0.1) is 6.58 Å². The molecule has 4 aromatic rings. The lowest BCUT2D eigenvalue weighted by atomic mass is 10.1. The summed E-state index contributed by atoms with van der Waals surface area (Å²) in [7, 11) is 0. The van der Waals surface area contributed by atoms with Gasteiger partial charge in [0, 0.05) is 12.1 Å². The molecule has 7 nitrogen and oxygen atoms in total. The summed E-state index contributed by atoms with van der Waals surface area (Å²) in [4.78, 5) is 30.0. The van der Waals surface area contributed by atoms with Crippen LogP contribution in [0.1, 0.15) is 17.0 Å². The van der Waals surface area contributed by atoms with Crippen LogP contribution in [0.25, 0.3) is 22.3 Å². The summed E-state index contributed by atoms with van der Waals surface area (Å²) in [5.74, 6) is 0.745. The maximum Gasteiger partial charge on any atom is 0.332 e. The third kappa shape index (κ3) is 3.31. The molecule has 0 radical (unpaired) electrons. The van der Waals surface area contributed by atoms with Gasteiger partial charge >= 0.3 is 5.69 Å². The summed E-state index contributed by atoms with van der Waals surface area (Å²) in [6.07, 6.45) is 1.52. The molecule has 0 saturated heterocycles. The molecule has 0 saturated carbocycles. The third-order valence-electron chi connectivity index (χ3n) is 4.97. The molecule has 0 bridgehead atoms. The van der Waals surface area contributed by atoms with Gasteiger partial charge in [0.05, 0.1) is 10.9 Å². The summed E-state index contributed by atoms with van der Waals surface area (Å²) < 4.78 is 8.02. The Balaban J connectivity index is 1.80. The van der Waals surface area contributed by atoms with Crippen LogP contribution in [0.2, 0.25) is 0 Å². The van der Waals surface area contributed by atoms with Crippen LogP contribution in [-0.4, -0.2) is 19.3 Å². The van der Waals surface area contributed by atoms with Crippen LogP contribution in [0.3, 0.4) is 0 Å². The van der Waals surface area contributed by atoms with E-state index in [4.69, 9.17) is 4.52 Å². The lowest BCUT2D eigenvalue weighted by Crippen LogP contribution is -2.40. The van der Waals surface area contributed by atoms with Gasteiger partial charge in [-0.3, -0.25) is 13.9 Å². The average molecular weight is 388 g/mol. The Kier molecular flexibility index (Phi) is 4.72. The molecule has 2 heterocycles. The summed E-state index contributed by atoms with van der Waals surface area (Å²) in [6, 6.07) is 12.9. The van der Waals surface area contributed by atoms with E-state index >= 15 is 0 Å². The van der Waals surface area contributed by atoms with Gasteiger partial charge in [-0.2, -0.15) is 4.98 Å². The highest BCUT2D eigenvalue weighted by molar-refractivity contribution is 5.77. The topological polar surface area (TPSA) is 82.9 Å². The van der Waals surface area contributed by atoms with Crippen LogP contribution in [0.4, 0.5) is 0 Å². The first-order chi connectivity index (χ1) is 14.0. The zero-order valence-corrected chi connectivity index (χ0v) is 16.3. The molecule has 0 aliphatic rings. The molecule has 0 fully saturated rings. The highest BCUT2D eigenvalue weighted by atomic mass is 16.5. The predicted octanol–water partition coefficient (Wildman–Crippen LogP) is 3.06. The fraction of sp³-hybridized carbons (Fsp3) is 0.182. The highest BCUT2D eigenvalue weighted by Crippen LogP contribution is 2.20. The first kappa shape index (κ1) is 18.6. The number of fused-ring (bicyclic) bond motifs is 1. The number of rotatable bonds is 5. The van der Waals surface area contributed by atoms with Gasteiger partial charge in [-0.25, -0.2) is 4.79 Å². The number of hydrogen-bond acceptors (Lipinski definition) is 5. The van der Waals surface area contributed by atoms with Gasteiger partial charge in [-0.05, 0) is 43.2 Å². The molecule has 4 rings (SSSR count). The third-order valence-corrected chi connectivity index (χ3v) is 4.97. The van der Waals surface area contributed by atoms with Crippen molar-refractivity contribution in [2.24, 2.45) is 0 Å². The predicted molar refractivity (Wildman–Crippen MR) is 111 cm³/mol. The van der Waals surface area contributed by atoms with Crippen molar-refractivity contribution in [3.05, 3.63) is 93.0 Å². The zero-order valence-electron chi connectivity index (χ0n) is 16.3. The SMILES string of the molecule is C=CCn1c(=O)c2ccccc2n(Cc2nc(-c3ccc(C)c(C)c3)no2)c1=O. The molecule has 0 aliphatic heterocycles. The Bertz CT molecular complexity index is 1340. The Morgan fingerprint density at radius 2 is 1.86 bits per heavy atom. The lowest BCUT2D eigenvalue weighted by Gasteiger charge is -2.11. The maximum absolute atomic E-state index is 12.9. The molecule has 0 N–H and O–H groups in total. The largest absolute Gasteiger partial charge is 0.337 e. The van der Waals surface area contributed by atoms with E-state index in [-0.39, 0.29) is 24.5 Å². The molecule has 0 atom stereocenters. The van der Waals surface area contributed by atoms with Crippen molar-refractivity contribution in [3.63, 3.8) is 0 Å². The van der Waals surface area contributed by atoms with E-state index in [0.29, 0.717) is 16.7 Å². The van der Waals surface area contributed by atoms with E-state index in [0.717, 1.165) is 15.7 Å². The number of aryl methyl sites for hydroxylation is 2. The van der Waals surface area contributed by atoms with Gasteiger partial charge in [0.25, 0.3) is 5.56 Å². The second kappa shape index (κ2) is 7.35. The van der Waals surface area contributed by atoms with Crippen LogP contribution < -0.4 is 11.2 Å². The Labute approximate surface area is 166 Å². The fourth-order valence-electron chi connectivity index (χ4n) is 3.27. The van der Waals surface area contributed by atoms with Crippen molar-refractivity contribution in [1.29, 1.82) is 0 Å². The Morgan fingerprint density at radius 3 is 2.62 bits per heavy atom. The van der Waals surface area contributed by atoms with E-state index in [2.05, 4.69) is 16.7 Å². The second-order valence-electron chi connectivity index (χ2n) is 6.90. The zero-order chi connectivity index (χ0) is 20.5. The molecule has 0 aliphatic carbocycles. The first-order valence-corrected chi connectivity index (χ1v) is 9.23. The Hall–Kier alpha value is -3.74. The number of para-hydroxylation sites is 1. The van der Waals surface area contributed by atoms with Crippen LogP contribution in [0.5, 0.6) is 0 Å². The number of hydrogen-bond donors (Lipinski definition) is 0. The Morgan fingerprint density at radius 1 is 1.07 bits per heavy atom. The normalized spacial score (nSPS) is 11.1. The molecule has 29 heavy (non-hydrogen) atoms. The van der Waals surface area contributed by atoms with Gasteiger partial charge in [-0.1, -0.05) is 35.5 Å². The minimum Gasteiger partial charge on any atom is -0.337 e. The van der Waals surface area contributed by atoms with Crippen molar-refractivity contribution in [3.8, 4) is 11.4 Å². The van der Waals surface area contributed by atoms with Crippen LogP contribution in [0, 0.1) is 13.8 Å². The standard InChI is InChI=1S/C22H20N4O3/c1-4-11-25-21(27)17-7-5-6-8-18(17)26(22(25)28)13-19-23-20(24-29-19)16-10-9-14(2)15(3)12-16/h4-10,12H,1,11,13H2,2-3H3. The fourth-order valence-corrected chi connectivity index (χ4v) is 3.27. The molecule has 0 unspecified atom stereocenters. The van der Waals surface area contributed by atoms with Gasteiger partial charge < -0.3 is 4.52 Å². The van der Waals surface area contributed by atoms with Crippen molar-refractivity contribution in [2.45, 2.75) is 26.9 Å². The molecule has 0 amide bonds. The summed E-state index contributed by atoms with van der Waals surface area (Å²) in [6.45, 7) is 7.88. The van der Waals surface area contributed by atoms with Crippen LogP contribution in [0.15, 0.2) is 69.2 Å². The molecule has 7 heteroatoms. The van der Waals surface area contributed by atoms with Crippen LogP contribution >= 0.6 is 0 Å². The molecule has 2 aromatic carbocycles. The maximum atomic E-state index is 12.9. The number of aromatic nitrogens is 4. The summed E-state index contributed by atoms with van der Waals surface area (Å²) in [5, 5.41) is 4.50. The highest BCUT2D eigenvalue weighted by Gasteiger charge is 2.16. The molecular weight excluding hydrogens is 368 g/mol. The number of benzene rings is 2. The lowest BCUT2D eigenvalue weighted by molar-refractivity contribution is 0.369. The quantitative estimate of drug-likeness (QED) is 0.491. The van der Waals surface area contributed by atoms with E-state index in [1.54, 1.807) is 24.3 Å². The average Bonchev–Trinajstić information content (AvgIpc) is 3.19. The van der Waals surface area contributed by atoms with E-state index in [9.17, 15) is 9.59 Å². The van der Waals surface area contributed by atoms with Gasteiger partial charge in [0.2, 0.25) is 11.7 Å². The van der Waals surface area contributed by atoms with Crippen molar-refractivity contribution in [2.75, 3.05) is 0 Å². The van der Waals surface area contributed by atoms with E-state index in [1.165, 1.54) is 16.2 Å². The summed E-state index contributed by atoms with van der Waals surface area (Å²) >= 11 is 0. The smallest absolute Gasteiger partial charge is 0.332 e. The monoisotopic (exact) mass is 388 g/mol. The molecular formula is C22H20N4O3. The van der Waals surface area contributed by atoms with Crippen molar-refractivity contribution < 1.29 is 4.52 Å². The van der Waals surface area contributed by atoms with Gasteiger partial charge in [0.1, 0.15) is 6.54 Å².